The fourth-order valence-corrected chi connectivity index (χ4v) is 2.17. The normalized spacial score (nSPS) is 11.9. The number of nitrogens with zero attached hydrogens (tertiary/aromatic N) is 2. The zero-order valence-electron chi connectivity index (χ0n) is 8.89. The van der Waals surface area contributed by atoms with E-state index in [0.717, 1.165) is 5.69 Å². The quantitative estimate of drug-likeness (QED) is 0.757. The van der Waals surface area contributed by atoms with E-state index in [1.165, 1.54) is 0 Å². The number of sulfone groups is 1. The third-order valence-corrected chi connectivity index (χ3v) is 4.07. The summed E-state index contributed by atoms with van der Waals surface area (Å²) in [7, 11) is -2.86. The van der Waals surface area contributed by atoms with E-state index in [-0.39, 0.29) is 11.5 Å². The van der Waals surface area contributed by atoms with Crippen molar-refractivity contribution in [3.8, 4) is 0 Å². The van der Waals surface area contributed by atoms with Gasteiger partial charge in [0.05, 0.1) is 11.4 Å². The van der Waals surface area contributed by atoms with E-state index >= 15 is 0 Å². The molecule has 0 saturated heterocycles. The Bertz CT molecular complexity index is 397. The van der Waals surface area contributed by atoms with Crippen molar-refractivity contribution in [1.29, 1.82) is 0 Å². The summed E-state index contributed by atoms with van der Waals surface area (Å²) in [6, 6.07) is 1.84. The van der Waals surface area contributed by atoms with Crippen LogP contribution in [0, 0.1) is 0 Å². The second-order valence-electron chi connectivity index (χ2n) is 3.34. The summed E-state index contributed by atoms with van der Waals surface area (Å²) in [4.78, 5) is 0. The van der Waals surface area contributed by atoms with E-state index in [1.54, 1.807) is 17.8 Å². The summed E-state index contributed by atoms with van der Waals surface area (Å²) >= 11 is 0. The predicted molar refractivity (Wildman–Crippen MR) is 59.1 cm³/mol. The Morgan fingerprint density at radius 2 is 2.27 bits per heavy atom. The van der Waals surface area contributed by atoms with Crippen molar-refractivity contribution in [3.05, 3.63) is 18.0 Å². The van der Waals surface area contributed by atoms with Gasteiger partial charge in [-0.15, -0.1) is 0 Å². The highest BCUT2D eigenvalue weighted by Crippen LogP contribution is 2.01. The summed E-state index contributed by atoms with van der Waals surface area (Å²) in [5.41, 5.74) is 6.43. The van der Waals surface area contributed by atoms with E-state index in [1.807, 2.05) is 6.07 Å². The third kappa shape index (κ3) is 3.64. The van der Waals surface area contributed by atoms with Crippen LogP contribution in [0.2, 0.25) is 0 Å². The van der Waals surface area contributed by atoms with E-state index < -0.39 is 9.84 Å². The molecule has 0 unspecified atom stereocenters. The number of nitrogens with two attached hydrogens (primary N) is 1. The molecule has 0 aromatic carbocycles. The van der Waals surface area contributed by atoms with Crippen molar-refractivity contribution >= 4 is 9.84 Å². The molecule has 86 valence electrons. The van der Waals surface area contributed by atoms with Gasteiger partial charge in [-0.3, -0.25) is 4.68 Å². The Morgan fingerprint density at radius 3 is 2.87 bits per heavy atom. The van der Waals surface area contributed by atoms with E-state index in [4.69, 9.17) is 5.73 Å². The molecule has 0 fully saturated rings. The summed E-state index contributed by atoms with van der Waals surface area (Å²) in [6.07, 6.45) is 2.27. The Labute approximate surface area is 90.2 Å². The average Bonchev–Trinajstić information content (AvgIpc) is 2.65. The van der Waals surface area contributed by atoms with Gasteiger partial charge in [-0.1, -0.05) is 6.92 Å². The molecule has 0 amide bonds. The molecule has 0 aliphatic heterocycles. The van der Waals surface area contributed by atoms with Crippen molar-refractivity contribution in [2.45, 2.75) is 26.4 Å². The molecule has 0 bridgehead atoms. The van der Waals surface area contributed by atoms with Gasteiger partial charge < -0.3 is 5.73 Å². The van der Waals surface area contributed by atoms with Crippen molar-refractivity contribution < 1.29 is 8.42 Å². The highest BCUT2D eigenvalue weighted by Gasteiger charge is 2.07. The Morgan fingerprint density at radius 1 is 1.53 bits per heavy atom. The highest BCUT2D eigenvalue weighted by molar-refractivity contribution is 7.91. The lowest BCUT2D eigenvalue weighted by molar-refractivity contribution is 0.559. The van der Waals surface area contributed by atoms with Gasteiger partial charge in [0.25, 0.3) is 0 Å². The van der Waals surface area contributed by atoms with E-state index in [0.29, 0.717) is 19.5 Å². The molecule has 2 N–H and O–H groups in total. The molecule has 15 heavy (non-hydrogen) atoms. The van der Waals surface area contributed by atoms with Crippen LogP contribution in [-0.2, 0) is 22.9 Å². The molecule has 5 nitrogen and oxygen atoms in total. The van der Waals surface area contributed by atoms with Crippen molar-refractivity contribution in [2.24, 2.45) is 5.73 Å². The Balaban J connectivity index is 2.45. The number of rotatable bonds is 6. The second-order valence-corrected chi connectivity index (χ2v) is 5.81. The molecule has 1 aromatic rings. The molecule has 0 aliphatic carbocycles. The van der Waals surface area contributed by atoms with Crippen LogP contribution < -0.4 is 5.73 Å². The van der Waals surface area contributed by atoms with Gasteiger partial charge in [0.1, 0.15) is 9.84 Å². The first kappa shape index (κ1) is 12.2. The second kappa shape index (κ2) is 5.27. The maximum Gasteiger partial charge on any atom is 0.150 e. The minimum atomic E-state index is -2.86. The molecule has 1 aromatic heterocycles. The van der Waals surface area contributed by atoms with Crippen LogP contribution in [0.5, 0.6) is 0 Å². The molecule has 0 saturated carbocycles. The minimum absolute atomic E-state index is 0.204. The SMILES string of the molecule is CCS(=O)(=O)CCCn1nccc1CN. The number of hydrogen-bond acceptors (Lipinski definition) is 4. The van der Waals surface area contributed by atoms with Gasteiger partial charge >= 0.3 is 0 Å². The maximum atomic E-state index is 11.2. The molecule has 0 radical (unpaired) electrons. The molecule has 0 aliphatic rings. The van der Waals surface area contributed by atoms with Crippen LogP contribution in [0.4, 0.5) is 0 Å². The largest absolute Gasteiger partial charge is 0.325 e. The average molecular weight is 231 g/mol. The third-order valence-electron chi connectivity index (χ3n) is 2.28. The van der Waals surface area contributed by atoms with Gasteiger partial charge in [0.15, 0.2) is 0 Å². The van der Waals surface area contributed by atoms with Crippen LogP contribution in [0.25, 0.3) is 0 Å². The first-order valence-corrected chi connectivity index (χ1v) is 6.82. The van der Waals surface area contributed by atoms with Crippen LogP contribution in [0.15, 0.2) is 12.3 Å². The first-order valence-electron chi connectivity index (χ1n) is 5.00. The Kier molecular flexibility index (Phi) is 4.28. The fourth-order valence-electron chi connectivity index (χ4n) is 1.31. The number of aryl methyl sites for hydroxylation is 1. The zero-order valence-corrected chi connectivity index (χ0v) is 9.70. The first-order chi connectivity index (χ1) is 7.09. The zero-order chi connectivity index (χ0) is 11.3. The minimum Gasteiger partial charge on any atom is -0.325 e. The van der Waals surface area contributed by atoms with Crippen molar-refractivity contribution in [3.63, 3.8) is 0 Å². The molecule has 1 heterocycles. The fraction of sp³-hybridized carbons (Fsp3) is 0.667. The number of hydrogen-bond donors (Lipinski definition) is 1. The molecule has 6 heteroatoms. The monoisotopic (exact) mass is 231 g/mol. The van der Waals surface area contributed by atoms with E-state index in [9.17, 15) is 8.42 Å². The van der Waals surface area contributed by atoms with Crippen molar-refractivity contribution in [2.75, 3.05) is 11.5 Å². The highest BCUT2D eigenvalue weighted by atomic mass is 32.2. The summed E-state index contributed by atoms with van der Waals surface area (Å²) in [5, 5.41) is 4.07. The summed E-state index contributed by atoms with van der Waals surface area (Å²) < 4.78 is 24.2. The maximum absolute atomic E-state index is 11.2. The van der Waals surface area contributed by atoms with Gasteiger partial charge in [-0.25, -0.2) is 8.42 Å². The summed E-state index contributed by atoms with van der Waals surface area (Å²) in [6.45, 7) is 2.70. The molecule has 1 rings (SSSR count). The van der Waals surface area contributed by atoms with Gasteiger partial charge in [0, 0.05) is 25.0 Å². The lowest BCUT2D eigenvalue weighted by Crippen LogP contribution is -2.14. The van der Waals surface area contributed by atoms with Gasteiger partial charge in [-0.2, -0.15) is 5.10 Å². The van der Waals surface area contributed by atoms with Crippen LogP contribution in [0.1, 0.15) is 19.0 Å². The van der Waals surface area contributed by atoms with Crippen LogP contribution in [-0.4, -0.2) is 29.7 Å². The standard InChI is InChI=1S/C9H17N3O2S/c1-2-15(13,14)7-3-6-12-9(8-10)4-5-11-12/h4-5H,2-3,6-8,10H2,1H3. The van der Waals surface area contributed by atoms with Gasteiger partial charge in [-0.05, 0) is 12.5 Å². The molecule has 0 spiro atoms. The molecular weight excluding hydrogens is 214 g/mol. The van der Waals surface area contributed by atoms with Gasteiger partial charge in [0.2, 0.25) is 0 Å². The van der Waals surface area contributed by atoms with Crippen LogP contribution >= 0.6 is 0 Å². The molecular formula is C9H17N3O2S. The molecule has 0 atom stereocenters. The smallest absolute Gasteiger partial charge is 0.150 e. The van der Waals surface area contributed by atoms with Crippen molar-refractivity contribution in [1.82, 2.24) is 9.78 Å². The lowest BCUT2D eigenvalue weighted by atomic mass is 10.4. The van der Waals surface area contributed by atoms with E-state index in [2.05, 4.69) is 5.10 Å². The lowest BCUT2D eigenvalue weighted by Gasteiger charge is -2.05. The predicted octanol–water partition coefficient (Wildman–Crippen LogP) is 0.167. The topological polar surface area (TPSA) is 78.0 Å². The summed E-state index contributed by atoms with van der Waals surface area (Å²) in [5.74, 6) is 0.420. The van der Waals surface area contributed by atoms with Crippen LogP contribution in [0.3, 0.4) is 0 Å². The Hall–Kier alpha value is -0.880. The number of aromatic nitrogens is 2.